The van der Waals surface area contributed by atoms with Crippen molar-refractivity contribution in [1.82, 2.24) is 15.3 Å². The van der Waals surface area contributed by atoms with E-state index in [1.54, 1.807) is 26.2 Å². The number of halogens is 1. The average Bonchev–Trinajstić information content (AvgIpc) is 3.30. The van der Waals surface area contributed by atoms with E-state index in [-0.39, 0.29) is 11.7 Å². The van der Waals surface area contributed by atoms with Crippen LogP contribution in [0.25, 0.3) is 10.9 Å². The van der Waals surface area contributed by atoms with Crippen molar-refractivity contribution in [2.75, 3.05) is 25.5 Å². The van der Waals surface area contributed by atoms with Gasteiger partial charge >= 0.3 is 0 Å². The van der Waals surface area contributed by atoms with Gasteiger partial charge in [-0.2, -0.15) is 0 Å². The molecule has 0 amide bonds. The smallest absolute Gasteiger partial charge is 0.149 e. The maximum atomic E-state index is 14.3. The first-order valence-electron chi connectivity index (χ1n) is 11.5. The fraction of sp³-hybridized carbons (Fsp3) is 0.462. The fourth-order valence-electron chi connectivity index (χ4n) is 4.07. The highest BCUT2D eigenvalue weighted by atomic mass is 19.1. The number of fused-ring (bicyclic) bond motifs is 1. The third kappa shape index (κ3) is 5.74. The zero-order valence-corrected chi connectivity index (χ0v) is 19.8. The molecule has 3 aromatic rings. The fourth-order valence-corrected chi connectivity index (χ4v) is 4.07. The van der Waals surface area contributed by atoms with E-state index in [0.29, 0.717) is 17.1 Å². The Hall–Kier alpha value is -2.73. The quantitative estimate of drug-likeness (QED) is 0.470. The van der Waals surface area contributed by atoms with Crippen LogP contribution in [0.15, 0.2) is 36.7 Å². The Balaban J connectivity index is 0.000000305. The Labute approximate surface area is 190 Å². The van der Waals surface area contributed by atoms with Gasteiger partial charge in [0.25, 0.3) is 0 Å². The normalized spacial score (nSPS) is 15.5. The molecule has 0 bridgehead atoms. The van der Waals surface area contributed by atoms with Gasteiger partial charge in [-0.3, -0.25) is 0 Å². The summed E-state index contributed by atoms with van der Waals surface area (Å²) in [5.74, 6) is 2.38. The molecule has 1 fully saturated rings. The van der Waals surface area contributed by atoms with Gasteiger partial charge in [-0.1, -0.05) is 39.3 Å². The Kier molecular flexibility index (Phi) is 8.39. The SMILES string of the molecule is CCCC1CCNC1.COc1cc2ncnc(Nc3cccc(C)c3F)c2cc1C(C)C. The Morgan fingerprint density at radius 2 is 2.06 bits per heavy atom. The van der Waals surface area contributed by atoms with Gasteiger partial charge in [0.15, 0.2) is 0 Å². The van der Waals surface area contributed by atoms with Crippen molar-refractivity contribution < 1.29 is 9.13 Å². The second-order valence-electron chi connectivity index (χ2n) is 8.70. The number of benzene rings is 2. The van der Waals surface area contributed by atoms with E-state index in [2.05, 4.69) is 41.4 Å². The van der Waals surface area contributed by atoms with Gasteiger partial charge in [-0.25, -0.2) is 14.4 Å². The van der Waals surface area contributed by atoms with Crippen LogP contribution in [0.1, 0.15) is 57.1 Å². The monoisotopic (exact) mass is 438 g/mol. The minimum absolute atomic E-state index is 0.276. The van der Waals surface area contributed by atoms with Crippen LogP contribution in [-0.2, 0) is 0 Å². The molecule has 2 N–H and O–H groups in total. The summed E-state index contributed by atoms with van der Waals surface area (Å²) in [6.45, 7) is 10.7. The lowest BCUT2D eigenvalue weighted by Gasteiger charge is -2.15. The molecule has 6 heteroatoms. The van der Waals surface area contributed by atoms with Crippen molar-refractivity contribution in [3.63, 3.8) is 0 Å². The minimum Gasteiger partial charge on any atom is -0.496 e. The van der Waals surface area contributed by atoms with E-state index in [1.807, 2.05) is 18.2 Å². The molecule has 1 atom stereocenters. The molecule has 0 radical (unpaired) electrons. The third-order valence-corrected chi connectivity index (χ3v) is 5.91. The summed E-state index contributed by atoms with van der Waals surface area (Å²) in [5, 5.41) is 7.29. The van der Waals surface area contributed by atoms with Gasteiger partial charge < -0.3 is 15.4 Å². The van der Waals surface area contributed by atoms with Crippen molar-refractivity contribution in [1.29, 1.82) is 0 Å². The Bertz CT molecular complexity index is 1030. The number of anilines is 2. The molecule has 1 unspecified atom stereocenters. The molecule has 4 rings (SSSR count). The van der Waals surface area contributed by atoms with Crippen molar-refractivity contribution in [2.24, 2.45) is 5.92 Å². The van der Waals surface area contributed by atoms with Crippen LogP contribution in [0.3, 0.4) is 0 Å². The Morgan fingerprint density at radius 1 is 1.25 bits per heavy atom. The lowest BCUT2D eigenvalue weighted by atomic mass is 10.00. The largest absolute Gasteiger partial charge is 0.496 e. The molecule has 32 heavy (non-hydrogen) atoms. The van der Waals surface area contributed by atoms with Crippen molar-refractivity contribution >= 4 is 22.4 Å². The van der Waals surface area contributed by atoms with Crippen molar-refractivity contribution in [3.8, 4) is 5.75 Å². The summed E-state index contributed by atoms with van der Waals surface area (Å²) in [6.07, 6.45) is 5.65. The number of nitrogens with one attached hydrogen (secondary N) is 2. The number of rotatable bonds is 6. The van der Waals surface area contributed by atoms with E-state index >= 15 is 0 Å². The number of nitrogens with zero attached hydrogens (tertiary/aromatic N) is 2. The van der Waals surface area contributed by atoms with Gasteiger partial charge in [-0.05, 0) is 68.0 Å². The van der Waals surface area contributed by atoms with Gasteiger partial charge in [0.05, 0.1) is 18.3 Å². The number of hydrogen-bond donors (Lipinski definition) is 2. The van der Waals surface area contributed by atoms with Crippen LogP contribution in [-0.4, -0.2) is 30.2 Å². The Morgan fingerprint density at radius 3 is 2.72 bits per heavy atom. The lowest BCUT2D eigenvalue weighted by molar-refractivity contribution is 0.408. The predicted molar refractivity (Wildman–Crippen MR) is 130 cm³/mol. The summed E-state index contributed by atoms with van der Waals surface area (Å²) < 4.78 is 19.8. The molecular weight excluding hydrogens is 403 g/mol. The predicted octanol–water partition coefficient (Wildman–Crippen LogP) is 6.35. The summed E-state index contributed by atoms with van der Waals surface area (Å²) in [7, 11) is 1.65. The number of hydrogen-bond acceptors (Lipinski definition) is 5. The van der Waals surface area contributed by atoms with Crippen molar-refractivity contribution in [2.45, 2.75) is 52.9 Å². The molecule has 0 spiro atoms. The molecule has 2 heterocycles. The number of ether oxygens (including phenoxy) is 1. The molecule has 0 saturated carbocycles. The first-order chi connectivity index (χ1) is 15.4. The van der Waals surface area contributed by atoms with E-state index in [9.17, 15) is 4.39 Å². The van der Waals surface area contributed by atoms with Crippen LogP contribution in [0.2, 0.25) is 0 Å². The lowest BCUT2D eigenvalue weighted by Crippen LogP contribution is -2.08. The second-order valence-corrected chi connectivity index (χ2v) is 8.70. The first-order valence-corrected chi connectivity index (χ1v) is 11.5. The maximum Gasteiger partial charge on any atom is 0.149 e. The van der Waals surface area contributed by atoms with E-state index in [0.717, 1.165) is 28.1 Å². The highest BCUT2D eigenvalue weighted by molar-refractivity contribution is 5.92. The molecule has 1 aliphatic rings. The molecule has 1 aromatic heterocycles. The zero-order chi connectivity index (χ0) is 23.1. The van der Waals surface area contributed by atoms with Crippen LogP contribution < -0.4 is 15.4 Å². The standard InChI is InChI=1S/C19H20FN3O.C7H15N/c1-11(2)13-8-14-16(9-17(13)24-4)21-10-22-19(14)23-15-7-5-6-12(3)18(15)20;1-2-3-7-4-5-8-6-7/h5-11H,1-4H3,(H,21,22,23);7-8H,2-6H2,1H3. The molecule has 172 valence electrons. The number of aryl methyl sites for hydroxylation is 1. The van der Waals surface area contributed by atoms with E-state index < -0.39 is 0 Å². The second kappa shape index (κ2) is 11.2. The highest BCUT2D eigenvalue weighted by Gasteiger charge is 2.14. The third-order valence-electron chi connectivity index (χ3n) is 5.91. The van der Waals surface area contributed by atoms with Crippen molar-refractivity contribution in [3.05, 3.63) is 53.6 Å². The molecule has 2 aromatic carbocycles. The maximum absolute atomic E-state index is 14.3. The van der Waals surface area contributed by atoms with Crippen LogP contribution >= 0.6 is 0 Å². The zero-order valence-electron chi connectivity index (χ0n) is 19.8. The molecule has 1 aliphatic heterocycles. The van der Waals surface area contributed by atoms with E-state index in [4.69, 9.17) is 4.74 Å². The molecule has 0 aliphatic carbocycles. The van der Waals surface area contributed by atoms with Gasteiger partial charge in [0.2, 0.25) is 0 Å². The topological polar surface area (TPSA) is 59.1 Å². The van der Waals surface area contributed by atoms with E-state index in [1.165, 1.54) is 38.7 Å². The van der Waals surface area contributed by atoms with Gasteiger partial charge in [-0.15, -0.1) is 0 Å². The average molecular weight is 439 g/mol. The summed E-state index contributed by atoms with van der Waals surface area (Å²) in [5.41, 5.74) is 2.80. The van der Waals surface area contributed by atoms with Crippen LogP contribution in [0.4, 0.5) is 15.9 Å². The summed E-state index contributed by atoms with van der Waals surface area (Å²) in [6, 6.07) is 9.15. The minimum atomic E-state index is -0.276. The summed E-state index contributed by atoms with van der Waals surface area (Å²) >= 11 is 0. The highest BCUT2D eigenvalue weighted by Crippen LogP contribution is 2.34. The van der Waals surface area contributed by atoms with Crippen LogP contribution in [0, 0.1) is 18.7 Å². The van der Waals surface area contributed by atoms with Crippen LogP contribution in [0.5, 0.6) is 5.75 Å². The molecular formula is C26H35FN4O. The number of aromatic nitrogens is 2. The number of methoxy groups -OCH3 is 1. The molecule has 5 nitrogen and oxygen atoms in total. The summed E-state index contributed by atoms with van der Waals surface area (Å²) in [4.78, 5) is 8.61. The van der Waals surface area contributed by atoms with Gasteiger partial charge in [0.1, 0.15) is 23.7 Å². The first kappa shape index (κ1) is 23.9. The molecule has 1 saturated heterocycles. The van der Waals surface area contributed by atoms with Gasteiger partial charge in [0, 0.05) is 11.5 Å².